The fraction of sp³-hybridized carbons (Fsp3) is 0.346. The molecule has 0 fully saturated rings. The first kappa shape index (κ1) is 24.9. The smallest absolute Gasteiger partial charge is 0.333 e. The summed E-state index contributed by atoms with van der Waals surface area (Å²) in [5.41, 5.74) is 3.76. The van der Waals surface area contributed by atoms with Gasteiger partial charge in [-0.3, -0.25) is 9.59 Å². The van der Waals surface area contributed by atoms with Gasteiger partial charge in [0, 0.05) is 23.1 Å². The van der Waals surface area contributed by atoms with Gasteiger partial charge in [0.05, 0.1) is 0 Å². The van der Waals surface area contributed by atoms with Gasteiger partial charge in [0.2, 0.25) is 5.91 Å². The van der Waals surface area contributed by atoms with Crippen molar-refractivity contribution >= 4 is 34.6 Å². The van der Waals surface area contributed by atoms with Crippen LogP contribution in [-0.4, -0.2) is 50.2 Å². The number of nitrogens with one attached hydrogen (secondary N) is 1. The number of carbonyl (C=O) groups is 3. The van der Waals surface area contributed by atoms with E-state index in [1.807, 2.05) is 59.1 Å². The van der Waals surface area contributed by atoms with Crippen LogP contribution < -0.4 is 5.32 Å². The number of fused-ring (bicyclic) bond motifs is 4. The van der Waals surface area contributed by atoms with Gasteiger partial charge in [0.1, 0.15) is 35.7 Å². The highest BCUT2D eigenvalue weighted by Crippen LogP contribution is 2.33. The number of benzene rings is 2. The maximum absolute atomic E-state index is 12.3. The average molecular weight is 495 g/mol. The third kappa shape index (κ3) is 5.07. The molecule has 0 saturated carbocycles. The lowest BCUT2D eigenvalue weighted by Crippen LogP contribution is -2.27. The van der Waals surface area contributed by atoms with Gasteiger partial charge in [-0.2, -0.15) is 0 Å². The van der Waals surface area contributed by atoms with Crippen molar-refractivity contribution in [2.75, 3.05) is 18.5 Å². The van der Waals surface area contributed by atoms with Crippen LogP contribution in [0, 0.1) is 5.41 Å². The molecule has 4 rings (SSSR count). The number of phenolic OH excluding ortho intramolecular Hbond substituents is 1. The monoisotopic (exact) mass is 494 g/mol. The van der Waals surface area contributed by atoms with Gasteiger partial charge in [-0.25, -0.2) is 4.79 Å². The zero-order valence-corrected chi connectivity index (χ0v) is 20.8. The molecule has 0 aliphatic carbocycles. The molecule has 4 aromatic rings. The summed E-state index contributed by atoms with van der Waals surface area (Å²) in [4.78, 5) is 37.5. The van der Waals surface area contributed by atoms with E-state index in [0.717, 1.165) is 16.6 Å². The Balaban J connectivity index is 1.39. The van der Waals surface area contributed by atoms with Crippen LogP contribution in [0.25, 0.3) is 16.7 Å². The third-order valence-corrected chi connectivity index (χ3v) is 5.65. The van der Waals surface area contributed by atoms with E-state index >= 15 is 0 Å². The normalized spacial score (nSPS) is 11.8. The molecular weight excluding hydrogens is 464 g/mol. The van der Waals surface area contributed by atoms with Gasteiger partial charge >= 0.3 is 11.9 Å². The molecule has 2 aromatic heterocycles. The highest BCUT2D eigenvalue weighted by molar-refractivity contribution is 5.96. The van der Waals surface area contributed by atoms with Crippen LogP contribution in [0.15, 0.2) is 48.6 Å². The Morgan fingerprint density at radius 3 is 2.39 bits per heavy atom. The van der Waals surface area contributed by atoms with Crippen molar-refractivity contribution in [2.24, 2.45) is 5.41 Å². The Labute approximate surface area is 208 Å². The molecule has 0 unspecified atom stereocenters. The van der Waals surface area contributed by atoms with Crippen LogP contribution in [0.5, 0.6) is 5.75 Å². The summed E-state index contributed by atoms with van der Waals surface area (Å²) in [5, 5.41) is 13.4. The zero-order chi connectivity index (χ0) is 26.2. The van der Waals surface area contributed by atoms with Gasteiger partial charge in [-0.1, -0.05) is 33.4 Å². The van der Waals surface area contributed by atoms with Crippen molar-refractivity contribution in [1.82, 2.24) is 14.1 Å². The summed E-state index contributed by atoms with van der Waals surface area (Å²) >= 11 is 0. The molecule has 0 aliphatic heterocycles. The van der Waals surface area contributed by atoms with Crippen LogP contribution in [0.1, 0.15) is 39.7 Å². The lowest BCUT2D eigenvalue weighted by atomic mass is 9.95. The Morgan fingerprint density at radius 1 is 1.00 bits per heavy atom. The van der Waals surface area contributed by atoms with Gasteiger partial charge in [-0.15, -0.1) is 14.1 Å². The number of amides is 1. The minimum Gasteiger partial charge on any atom is -0.506 e. The van der Waals surface area contributed by atoms with Gasteiger partial charge in [-0.05, 0) is 49.2 Å². The number of aromatic nitrogens is 3. The topological polar surface area (TPSA) is 116 Å². The molecule has 0 atom stereocenters. The number of nitrogens with zero attached hydrogens (tertiary/aromatic N) is 3. The van der Waals surface area contributed by atoms with Crippen LogP contribution in [-0.2, 0) is 30.3 Å². The van der Waals surface area contributed by atoms with Crippen molar-refractivity contribution in [3.63, 3.8) is 0 Å². The third-order valence-electron chi connectivity index (χ3n) is 5.65. The lowest BCUT2D eigenvalue weighted by molar-refractivity contribution is -0.150. The molecule has 2 aromatic carbocycles. The molecule has 190 valence electrons. The van der Waals surface area contributed by atoms with Crippen molar-refractivity contribution in [2.45, 2.75) is 40.5 Å². The van der Waals surface area contributed by atoms with Crippen LogP contribution in [0.3, 0.4) is 0 Å². The molecule has 0 spiro atoms. The standard InChI is InChI=1S/C26H30N4O6/c1-16(2)24(33)36-13-12-35-23(32)11-7-17-6-10-22(31)21(14-17)30-28-19-9-8-18(15-20(19)29(28)30)27-25(34)26(3,4)5/h6,8-10,14-15,31H,1,7,11-13H2,2-5H3,(H,27,34). The maximum Gasteiger partial charge on any atom is 0.333 e. The summed E-state index contributed by atoms with van der Waals surface area (Å²) in [6, 6.07) is 10.8. The molecule has 0 radical (unpaired) electrons. The molecule has 10 nitrogen and oxygen atoms in total. The van der Waals surface area contributed by atoms with Crippen molar-refractivity contribution in [1.29, 1.82) is 0 Å². The van der Waals surface area contributed by atoms with Gasteiger partial charge in [0.25, 0.3) is 0 Å². The second-order valence-corrected chi connectivity index (χ2v) is 9.74. The quantitative estimate of drug-likeness (QED) is 0.208. The molecule has 10 heteroatoms. The fourth-order valence-electron chi connectivity index (χ4n) is 3.56. The van der Waals surface area contributed by atoms with E-state index in [1.165, 1.54) is 0 Å². The number of hydrogen-bond acceptors (Lipinski definition) is 6. The number of anilines is 1. The van der Waals surface area contributed by atoms with E-state index < -0.39 is 17.4 Å². The number of hydrogen-bond donors (Lipinski definition) is 2. The number of ether oxygens (including phenoxy) is 2. The van der Waals surface area contributed by atoms with Crippen LogP contribution in [0.4, 0.5) is 5.69 Å². The average Bonchev–Trinajstić information content (AvgIpc) is 3.47. The Kier molecular flexibility index (Phi) is 6.53. The highest BCUT2D eigenvalue weighted by Gasteiger charge is 2.27. The van der Waals surface area contributed by atoms with E-state index in [0.29, 0.717) is 17.8 Å². The number of rotatable bonds is 9. The molecule has 1 amide bonds. The Hall–Kier alpha value is -4.21. The van der Waals surface area contributed by atoms with Gasteiger partial charge in [0.15, 0.2) is 0 Å². The summed E-state index contributed by atoms with van der Waals surface area (Å²) in [7, 11) is 0. The summed E-state index contributed by atoms with van der Waals surface area (Å²) in [5.74, 6) is -0.904. The SMILES string of the molecule is C=C(C)C(=O)OCCOC(=O)CCc1ccc(O)c(-n2n3c4ccc(NC(=O)C(C)(C)C)cc4n23)c1. The maximum atomic E-state index is 12.3. The second-order valence-electron chi connectivity index (χ2n) is 9.74. The van der Waals surface area contributed by atoms with E-state index in [1.54, 1.807) is 19.1 Å². The number of aromatic hydroxyl groups is 1. The number of aryl methyl sites for hydroxylation is 1. The van der Waals surface area contributed by atoms with Crippen LogP contribution >= 0.6 is 0 Å². The van der Waals surface area contributed by atoms with E-state index in [-0.39, 0.29) is 36.9 Å². The lowest BCUT2D eigenvalue weighted by Gasteiger charge is -2.17. The Bertz CT molecular complexity index is 1450. The molecule has 0 saturated heterocycles. The number of esters is 2. The van der Waals surface area contributed by atoms with Gasteiger partial charge < -0.3 is 19.9 Å². The molecule has 2 N–H and O–H groups in total. The molecule has 0 aliphatic rings. The summed E-state index contributed by atoms with van der Waals surface area (Å²) < 4.78 is 13.8. The summed E-state index contributed by atoms with van der Waals surface area (Å²) in [6.45, 7) is 10.5. The molecule has 0 bridgehead atoms. The van der Waals surface area contributed by atoms with E-state index in [4.69, 9.17) is 9.47 Å². The van der Waals surface area contributed by atoms with Crippen molar-refractivity contribution in [3.05, 3.63) is 54.1 Å². The minimum atomic E-state index is -0.522. The van der Waals surface area contributed by atoms with E-state index in [9.17, 15) is 19.5 Å². The number of carbonyl (C=O) groups excluding carboxylic acids is 3. The predicted octanol–water partition coefficient (Wildman–Crippen LogP) is 3.71. The van der Waals surface area contributed by atoms with Crippen molar-refractivity contribution in [3.8, 4) is 11.4 Å². The minimum absolute atomic E-state index is 0.0210. The molecule has 2 heterocycles. The first-order valence-electron chi connectivity index (χ1n) is 11.6. The molecule has 36 heavy (non-hydrogen) atoms. The van der Waals surface area contributed by atoms with E-state index in [2.05, 4.69) is 11.9 Å². The zero-order valence-electron chi connectivity index (χ0n) is 20.8. The first-order chi connectivity index (χ1) is 17.0. The molecular formula is C26H30N4O6. The summed E-state index contributed by atoms with van der Waals surface area (Å²) in [6.07, 6.45) is 0.560. The Morgan fingerprint density at radius 2 is 1.69 bits per heavy atom. The first-order valence-corrected chi connectivity index (χ1v) is 11.6. The predicted molar refractivity (Wildman–Crippen MR) is 134 cm³/mol. The van der Waals surface area contributed by atoms with Crippen molar-refractivity contribution < 1.29 is 29.0 Å². The number of phenols is 1. The van der Waals surface area contributed by atoms with Crippen LogP contribution in [0.2, 0.25) is 0 Å². The largest absolute Gasteiger partial charge is 0.506 e. The fourth-order valence-corrected chi connectivity index (χ4v) is 3.56. The highest BCUT2D eigenvalue weighted by atomic mass is 16.6. The second kappa shape index (κ2) is 9.44.